The van der Waals surface area contributed by atoms with Crippen molar-refractivity contribution < 1.29 is 8.78 Å². The molecule has 0 aliphatic rings. The molecule has 1 aromatic heterocycles. The Hall–Kier alpha value is -1.20. The zero-order valence-electron chi connectivity index (χ0n) is 8.35. The molecule has 0 bridgehead atoms. The van der Waals surface area contributed by atoms with Gasteiger partial charge in [0.1, 0.15) is 5.82 Å². The molecule has 0 saturated heterocycles. The van der Waals surface area contributed by atoms with Crippen molar-refractivity contribution in [1.29, 1.82) is 0 Å². The highest BCUT2D eigenvalue weighted by atomic mass is 79.9. The van der Waals surface area contributed by atoms with Crippen LogP contribution in [0, 0.1) is 11.6 Å². The quantitative estimate of drug-likeness (QED) is 0.880. The van der Waals surface area contributed by atoms with Crippen LogP contribution in [0.25, 0.3) is 0 Å². The van der Waals surface area contributed by atoms with Crippen LogP contribution in [0.2, 0.25) is 5.02 Å². The molecule has 0 radical (unpaired) electrons. The molecule has 2 nitrogen and oxygen atoms in total. The van der Waals surface area contributed by atoms with Gasteiger partial charge in [-0.2, -0.15) is 0 Å². The zero-order valence-corrected chi connectivity index (χ0v) is 10.7. The molecule has 2 rings (SSSR count). The van der Waals surface area contributed by atoms with E-state index in [0.29, 0.717) is 4.47 Å². The number of rotatable bonds is 2. The number of anilines is 2. The van der Waals surface area contributed by atoms with Gasteiger partial charge in [0.2, 0.25) is 0 Å². The normalized spacial score (nSPS) is 10.4. The number of benzene rings is 1. The molecule has 88 valence electrons. The smallest absolute Gasteiger partial charge is 0.167 e. The maximum Gasteiger partial charge on any atom is 0.167 e. The molecular weight excluding hydrogens is 313 g/mol. The largest absolute Gasteiger partial charge is 0.335 e. The van der Waals surface area contributed by atoms with Gasteiger partial charge in [0.15, 0.2) is 11.6 Å². The zero-order chi connectivity index (χ0) is 12.4. The van der Waals surface area contributed by atoms with Crippen molar-refractivity contribution in [3.8, 4) is 0 Å². The van der Waals surface area contributed by atoms with Gasteiger partial charge in [-0.25, -0.2) is 13.8 Å². The molecule has 1 N–H and O–H groups in total. The minimum absolute atomic E-state index is 0.0774. The first-order valence-corrected chi connectivity index (χ1v) is 5.76. The fourth-order valence-electron chi connectivity index (χ4n) is 1.23. The molecule has 2 aromatic rings. The fourth-order valence-corrected chi connectivity index (χ4v) is 1.73. The van der Waals surface area contributed by atoms with E-state index in [4.69, 9.17) is 11.6 Å². The molecule has 17 heavy (non-hydrogen) atoms. The molecule has 6 heteroatoms. The third kappa shape index (κ3) is 2.92. The first-order valence-electron chi connectivity index (χ1n) is 4.59. The van der Waals surface area contributed by atoms with Gasteiger partial charge in [-0.3, -0.25) is 0 Å². The summed E-state index contributed by atoms with van der Waals surface area (Å²) >= 11 is 8.76. The third-order valence-electron chi connectivity index (χ3n) is 1.99. The molecule has 0 amide bonds. The Labute approximate surface area is 110 Å². The molecular formula is C11H6BrClF2N2. The highest BCUT2D eigenvalue weighted by molar-refractivity contribution is 9.10. The van der Waals surface area contributed by atoms with Crippen molar-refractivity contribution in [3.05, 3.63) is 51.6 Å². The highest BCUT2D eigenvalue weighted by Crippen LogP contribution is 2.25. The van der Waals surface area contributed by atoms with Gasteiger partial charge in [-0.05, 0) is 24.3 Å². The van der Waals surface area contributed by atoms with Crippen molar-refractivity contribution in [3.63, 3.8) is 0 Å². The summed E-state index contributed by atoms with van der Waals surface area (Å²) in [5.74, 6) is -1.22. The van der Waals surface area contributed by atoms with Gasteiger partial charge in [-0.15, -0.1) is 0 Å². The molecule has 1 aromatic carbocycles. The van der Waals surface area contributed by atoms with Crippen molar-refractivity contribution in [2.75, 3.05) is 5.32 Å². The third-order valence-corrected chi connectivity index (χ3v) is 2.69. The van der Waals surface area contributed by atoms with Crippen LogP contribution in [-0.2, 0) is 0 Å². The van der Waals surface area contributed by atoms with Crippen LogP contribution in [-0.4, -0.2) is 4.98 Å². The van der Waals surface area contributed by atoms with E-state index in [1.807, 2.05) is 0 Å². The Morgan fingerprint density at radius 3 is 2.65 bits per heavy atom. The Kier molecular flexibility index (Phi) is 3.59. The summed E-state index contributed by atoms with van der Waals surface area (Å²) < 4.78 is 27.5. The number of hydrogen-bond acceptors (Lipinski definition) is 2. The van der Waals surface area contributed by atoms with Crippen LogP contribution in [0.1, 0.15) is 0 Å². The van der Waals surface area contributed by atoms with Crippen molar-refractivity contribution >= 4 is 39.0 Å². The molecule has 0 spiro atoms. The number of hydrogen-bond donors (Lipinski definition) is 1. The molecule has 0 unspecified atom stereocenters. The first-order chi connectivity index (χ1) is 8.06. The number of aromatic nitrogens is 1. The predicted octanol–water partition coefficient (Wildman–Crippen LogP) is 4.52. The molecule has 0 fully saturated rings. The van der Waals surface area contributed by atoms with E-state index in [1.54, 1.807) is 6.07 Å². The summed E-state index contributed by atoms with van der Waals surface area (Å²) in [6.07, 6.45) is 1.28. The molecule has 0 aliphatic heterocycles. The average Bonchev–Trinajstić information content (AvgIpc) is 2.27. The summed E-state index contributed by atoms with van der Waals surface area (Å²) in [5, 5.41) is 2.74. The van der Waals surface area contributed by atoms with E-state index in [9.17, 15) is 8.78 Å². The predicted molar refractivity (Wildman–Crippen MR) is 66.6 cm³/mol. The topological polar surface area (TPSA) is 24.9 Å². The summed E-state index contributed by atoms with van der Waals surface area (Å²) in [6.45, 7) is 0. The molecule has 0 aliphatic carbocycles. The van der Waals surface area contributed by atoms with E-state index in [0.717, 1.165) is 6.07 Å². The van der Waals surface area contributed by atoms with Crippen molar-refractivity contribution in [2.24, 2.45) is 0 Å². The van der Waals surface area contributed by atoms with Crippen molar-refractivity contribution in [1.82, 2.24) is 4.98 Å². The van der Waals surface area contributed by atoms with Crippen LogP contribution in [0.4, 0.5) is 20.3 Å². The second-order valence-electron chi connectivity index (χ2n) is 3.23. The van der Waals surface area contributed by atoms with E-state index < -0.39 is 11.6 Å². The van der Waals surface area contributed by atoms with Crippen LogP contribution in [0.5, 0.6) is 0 Å². The Balaban J connectivity index is 2.34. The standard InChI is InChI=1S/C11H6BrClF2N2/c12-6-1-2-8(14)10(3-6)17-11-9(15)4-7(13)5-16-11/h1-5H,(H,16,17). The number of nitrogens with zero attached hydrogens (tertiary/aromatic N) is 1. The number of nitrogens with one attached hydrogen (secondary N) is 1. The Bertz CT molecular complexity index is 563. The molecule has 0 atom stereocenters. The second kappa shape index (κ2) is 4.98. The Morgan fingerprint density at radius 1 is 1.18 bits per heavy atom. The summed E-state index contributed by atoms with van der Waals surface area (Å²) in [4.78, 5) is 3.74. The average molecular weight is 320 g/mol. The number of halogens is 4. The maximum atomic E-state index is 13.4. The highest BCUT2D eigenvalue weighted by Gasteiger charge is 2.08. The minimum atomic E-state index is -0.642. The lowest BCUT2D eigenvalue weighted by atomic mass is 10.3. The Morgan fingerprint density at radius 2 is 1.94 bits per heavy atom. The lowest BCUT2D eigenvalue weighted by Crippen LogP contribution is -1.99. The van der Waals surface area contributed by atoms with Gasteiger partial charge in [0.25, 0.3) is 0 Å². The van der Waals surface area contributed by atoms with Gasteiger partial charge < -0.3 is 5.32 Å². The van der Waals surface area contributed by atoms with Gasteiger partial charge in [0, 0.05) is 10.7 Å². The van der Waals surface area contributed by atoms with Crippen LogP contribution < -0.4 is 5.32 Å². The van der Waals surface area contributed by atoms with Crippen molar-refractivity contribution in [2.45, 2.75) is 0 Å². The second-order valence-corrected chi connectivity index (χ2v) is 4.59. The van der Waals surface area contributed by atoms with E-state index in [2.05, 4.69) is 26.2 Å². The molecule has 0 saturated carbocycles. The van der Waals surface area contributed by atoms with Gasteiger partial charge >= 0.3 is 0 Å². The van der Waals surface area contributed by atoms with Gasteiger partial charge in [0.05, 0.1) is 10.7 Å². The van der Waals surface area contributed by atoms with Crippen LogP contribution >= 0.6 is 27.5 Å². The summed E-state index contributed by atoms with van der Waals surface area (Å²) in [6, 6.07) is 5.41. The number of pyridine rings is 1. The van der Waals surface area contributed by atoms with Crippen LogP contribution in [0.15, 0.2) is 34.9 Å². The monoisotopic (exact) mass is 318 g/mol. The first kappa shape index (κ1) is 12.3. The fraction of sp³-hybridized carbons (Fsp3) is 0. The van der Waals surface area contributed by atoms with E-state index >= 15 is 0 Å². The van der Waals surface area contributed by atoms with Crippen LogP contribution in [0.3, 0.4) is 0 Å². The lowest BCUT2D eigenvalue weighted by molar-refractivity contribution is 0.621. The SMILES string of the molecule is Fc1ccc(Br)cc1Nc1ncc(Cl)cc1F. The summed E-state index contributed by atoms with van der Waals surface area (Å²) in [5.41, 5.74) is 0.132. The van der Waals surface area contributed by atoms with Gasteiger partial charge in [-0.1, -0.05) is 27.5 Å². The minimum Gasteiger partial charge on any atom is -0.335 e. The molecule has 1 heterocycles. The van der Waals surface area contributed by atoms with E-state index in [-0.39, 0.29) is 16.5 Å². The maximum absolute atomic E-state index is 13.4. The summed E-state index contributed by atoms with van der Waals surface area (Å²) in [7, 11) is 0. The lowest BCUT2D eigenvalue weighted by Gasteiger charge is -2.08. The van der Waals surface area contributed by atoms with E-state index in [1.165, 1.54) is 18.3 Å².